The highest BCUT2D eigenvalue weighted by Crippen LogP contribution is 2.32. The second-order valence-electron chi connectivity index (χ2n) is 4.94. The number of carboxylic acid groups (broad SMARTS) is 1. The van der Waals surface area contributed by atoms with Crippen LogP contribution in [0.5, 0.6) is 17.2 Å². The number of aliphatic carboxylic acids is 1. The zero-order chi connectivity index (χ0) is 17.0. The second kappa shape index (κ2) is 6.78. The van der Waals surface area contributed by atoms with Crippen molar-refractivity contribution in [3.05, 3.63) is 41.6 Å². The summed E-state index contributed by atoms with van der Waals surface area (Å²) in [5.74, 6) is -0.802. The number of hydrogen-bond donors (Lipinski definition) is 2. The van der Waals surface area contributed by atoms with E-state index >= 15 is 0 Å². The molecule has 0 aliphatic heterocycles. The Hall–Kier alpha value is -3.09. The van der Waals surface area contributed by atoms with Crippen molar-refractivity contribution in [1.29, 1.82) is 0 Å². The summed E-state index contributed by atoms with van der Waals surface area (Å²) in [6, 6.07) is 6.87. The van der Waals surface area contributed by atoms with Gasteiger partial charge in [0.15, 0.2) is 11.6 Å². The lowest BCUT2D eigenvalue weighted by Crippen LogP contribution is -2.28. The van der Waals surface area contributed by atoms with Crippen LogP contribution in [0.2, 0.25) is 0 Å². The Bertz CT molecular complexity index is 745. The van der Waals surface area contributed by atoms with E-state index in [0.29, 0.717) is 12.2 Å². The van der Waals surface area contributed by atoms with Gasteiger partial charge in [0.25, 0.3) is 0 Å². The van der Waals surface area contributed by atoms with Crippen LogP contribution in [0.3, 0.4) is 0 Å². The molecule has 23 heavy (non-hydrogen) atoms. The van der Waals surface area contributed by atoms with Crippen molar-refractivity contribution in [3.8, 4) is 17.2 Å². The Morgan fingerprint density at radius 2 is 2.13 bits per heavy atom. The Morgan fingerprint density at radius 3 is 2.74 bits per heavy atom. The molecule has 0 atom stereocenters. The maximum absolute atomic E-state index is 10.9. The van der Waals surface area contributed by atoms with Crippen LogP contribution in [-0.2, 0) is 9.59 Å². The minimum Gasteiger partial charge on any atom is -0.504 e. The normalized spacial score (nSPS) is 10.2. The maximum Gasteiger partial charge on any atom is 0.323 e. The summed E-state index contributed by atoms with van der Waals surface area (Å²) < 4.78 is 5.67. The fourth-order valence-electron chi connectivity index (χ4n) is 1.97. The van der Waals surface area contributed by atoms with E-state index in [4.69, 9.17) is 9.84 Å². The standard InChI is InChI=1S/C16H16N2O5/c1-10-4-3-5-14(11(10)2)23-12-6-13(20)16(17-7-12)18(9-19)8-15(21)22/h3-7,9,20H,8H2,1-2H3,(H,21,22). The molecule has 0 aliphatic rings. The number of carbonyl (C=O) groups excluding carboxylic acids is 1. The van der Waals surface area contributed by atoms with Gasteiger partial charge in [-0.1, -0.05) is 12.1 Å². The Kier molecular flexibility index (Phi) is 4.80. The van der Waals surface area contributed by atoms with Crippen molar-refractivity contribution in [3.63, 3.8) is 0 Å². The number of anilines is 1. The van der Waals surface area contributed by atoms with E-state index in [1.54, 1.807) is 6.07 Å². The van der Waals surface area contributed by atoms with Crippen LogP contribution >= 0.6 is 0 Å². The van der Waals surface area contributed by atoms with Crippen molar-refractivity contribution < 1.29 is 24.5 Å². The Morgan fingerprint density at radius 1 is 1.39 bits per heavy atom. The maximum atomic E-state index is 10.9. The summed E-state index contributed by atoms with van der Waals surface area (Å²) >= 11 is 0. The fraction of sp³-hybridized carbons (Fsp3) is 0.188. The number of aryl methyl sites for hydroxylation is 1. The molecule has 1 aromatic heterocycles. The number of pyridine rings is 1. The molecule has 1 heterocycles. The molecule has 120 valence electrons. The van der Waals surface area contributed by atoms with Crippen molar-refractivity contribution >= 4 is 18.2 Å². The van der Waals surface area contributed by atoms with Crippen LogP contribution in [0.25, 0.3) is 0 Å². The molecular formula is C16H16N2O5. The van der Waals surface area contributed by atoms with E-state index in [-0.39, 0.29) is 17.3 Å². The first-order valence-electron chi connectivity index (χ1n) is 6.79. The molecule has 0 fully saturated rings. The van der Waals surface area contributed by atoms with Crippen LogP contribution in [-0.4, -0.2) is 34.1 Å². The molecule has 1 amide bonds. The number of aromatic hydroxyl groups is 1. The molecule has 2 aromatic rings. The number of carbonyl (C=O) groups is 2. The van der Waals surface area contributed by atoms with E-state index in [0.717, 1.165) is 16.0 Å². The zero-order valence-electron chi connectivity index (χ0n) is 12.7. The van der Waals surface area contributed by atoms with Crippen LogP contribution in [0, 0.1) is 13.8 Å². The van der Waals surface area contributed by atoms with Gasteiger partial charge in [-0.25, -0.2) is 4.98 Å². The van der Waals surface area contributed by atoms with E-state index in [1.807, 2.05) is 26.0 Å². The number of amides is 1. The predicted octanol–water partition coefficient (Wildman–Crippen LogP) is 2.24. The van der Waals surface area contributed by atoms with Gasteiger partial charge in [-0.05, 0) is 31.0 Å². The monoisotopic (exact) mass is 316 g/mol. The van der Waals surface area contributed by atoms with Gasteiger partial charge in [0.2, 0.25) is 6.41 Å². The first kappa shape index (κ1) is 16.3. The Labute approximate surface area is 132 Å². The topological polar surface area (TPSA) is 100.0 Å². The summed E-state index contributed by atoms with van der Waals surface area (Å²) in [4.78, 5) is 26.3. The van der Waals surface area contributed by atoms with Crippen LogP contribution in [0.1, 0.15) is 11.1 Å². The van der Waals surface area contributed by atoms with Crippen LogP contribution in [0.15, 0.2) is 30.5 Å². The van der Waals surface area contributed by atoms with Gasteiger partial charge in [0.1, 0.15) is 18.0 Å². The summed E-state index contributed by atoms with van der Waals surface area (Å²) in [5, 5.41) is 18.7. The van der Waals surface area contributed by atoms with Crippen molar-refractivity contribution in [2.75, 3.05) is 11.4 Å². The van der Waals surface area contributed by atoms with Crippen LogP contribution in [0.4, 0.5) is 5.82 Å². The predicted molar refractivity (Wildman–Crippen MR) is 82.9 cm³/mol. The highest BCUT2D eigenvalue weighted by molar-refractivity contribution is 5.85. The zero-order valence-corrected chi connectivity index (χ0v) is 12.7. The average molecular weight is 316 g/mol. The van der Waals surface area contributed by atoms with Gasteiger partial charge >= 0.3 is 5.97 Å². The fourth-order valence-corrected chi connectivity index (χ4v) is 1.97. The first-order chi connectivity index (χ1) is 10.9. The molecule has 0 saturated carbocycles. The average Bonchev–Trinajstić information content (AvgIpc) is 2.50. The van der Waals surface area contributed by atoms with Gasteiger partial charge in [0, 0.05) is 6.07 Å². The van der Waals surface area contributed by atoms with Gasteiger partial charge in [-0.3, -0.25) is 14.5 Å². The molecule has 0 saturated heterocycles. The SMILES string of the molecule is Cc1cccc(Oc2cnc(N(C=O)CC(=O)O)c(O)c2)c1C. The number of hydrogen-bond acceptors (Lipinski definition) is 5. The highest BCUT2D eigenvalue weighted by Gasteiger charge is 2.16. The largest absolute Gasteiger partial charge is 0.504 e. The summed E-state index contributed by atoms with van der Waals surface area (Å²) in [7, 11) is 0. The van der Waals surface area contributed by atoms with E-state index in [2.05, 4.69) is 4.98 Å². The number of ether oxygens (including phenoxy) is 1. The van der Waals surface area contributed by atoms with E-state index in [1.165, 1.54) is 12.3 Å². The molecule has 0 bridgehead atoms. The molecule has 7 heteroatoms. The molecule has 0 spiro atoms. The Balaban J connectivity index is 2.27. The third-order valence-corrected chi connectivity index (χ3v) is 3.31. The second-order valence-corrected chi connectivity index (χ2v) is 4.94. The van der Waals surface area contributed by atoms with Crippen molar-refractivity contribution in [2.24, 2.45) is 0 Å². The quantitative estimate of drug-likeness (QED) is 0.793. The summed E-state index contributed by atoms with van der Waals surface area (Å²) in [5.41, 5.74) is 2.02. The molecule has 0 unspecified atom stereocenters. The summed E-state index contributed by atoms with van der Waals surface area (Å²) in [6.07, 6.45) is 1.61. The molecule has 0 aliphatic carbocycles. The van der Waals surface area contributed by atoms with E-state index < -0.39 is 12.5 Å². The highest BCUT2D eigenvalue weighted by atomic mass is 16.5. The molecule has 1 aromatic carbocycles. The smallest absolute Gasteiger partial charge is 0.323 e. The summed E-state index contributed by atoms with van der Waals surface area (Å²) in [6.45, 7) is 3.27. The minimum absolute atomic E-state index is 0.143. The number of rotatable bonds is 6. The lowest BCUT2D eigenvalue weighted by molar-refractivity contribution is -0.136. The molecule has 2 rings (SSSR count). The van der Waals surface area contributed by atoms with Crippen molar-refractivity contribution in [2.45, 2.75) is 13.8 Å². The lowest BCUT2D eigenvalue weighted by atomic mass is 10.1. The number of benzene rings is 1. The minimum atomic E-state index is -1.21. The third kappa shape index (κ3) is 3.76. The van der Waals surface area contributed by atoms with Crippen molar-refractivity contribution in [1.82, 2.24) is 4.98 Å². The molecule has 2 N–H and O–H groups in total. The van der Waals surface area contributed by atoms with E-state index in [9.17, 15) is 14.7 Å². The first-order valence-corrected chi connectivity index (χ1v) is 6.79. The van der Waals surface area contributed by atoms with Gasteiger partial charge < -0.3 is 14.9 Å². The molecular weight excluding hydrogens is 300 g/mol. The third-order valence-electron chi connectivity index (χ3n) is 3.31. The molecule has 0 radical (unpaired) electrons. The van der Waals surface area contributed by atoms with Gasteiger partial charge in [-0.15, -0.1) is 0 Å². The van der Waals surface area contributed by atoms with Gasteiger partial charge in [-0.2, -0.15) is 0 Å². The van der Waals surface area contributed by atoms with Crippen LogP contribution < -0.4 is 9.64 Å². The molecule has 7 nitrogen and oxygen atoms in total. The number of nitrogens with zero attached hydrogens (tertiary/aromatic N) is 2. The number of carboxylic acids is 1. The van der Waals surface area contributed by atoms with Gasteiger partial charge in [0.05, 0.1) is 6.20 Å². The lowest BCUT2D eigenvalue weighted by Gasteiger charge is -2.16. The number of aromatic nitrogens is 1.